The van der Waals surface area contributed by atoms with Gasteiger partial charge in [-0.1, -0.05) is 18.2 Å². The molecule has 0 heterocycles. The molecule has 0 saturated carbocycles. The highest BCUT2D eigenvalue weighted by Gasteiger charge is 2.15. The highest BCUT2D eigenvalue weighted by Crippen LogP contribution is 2.15. The molecule has 2 aromatic carbocycles. The monoisotopic (exact) mass is 401 g/mol. The molecule has 0 saturated heterocycles. The van der Waals surface area contributed by atoms with Gasteiger partial charge in [-0.3, -0.25) is 4.79 Å². The van der Waals surface area contributed by atoms with Crippen molar-refractivity contribution in [1.82, 2.24) is 10.6 Å². The first-order valence-electron chi connectivity index (χ1n) is 9.35. The average Bonchev–Trinajstić information content (AvgIpc) is 2.67. The highest BCUT2D eigenvalue weighted by atomic mass is 19.1. The average molecular weight is 401 g/mol. The zero-order chi connectivity index (χ0) is 21.4. The topological polar surface area (TPSA) is 115 Å². The molecule has 2 rings (SSSR count). The molecule has 0 aromatic heterocycles. The first-order valence-corrected chi connectivity index (χ1v) is 9.35. The van der Waals surface area contributed by atoms with Crippen LogP contribution < -0.4 is 26.8 Å². The second kappa shape index (κ2) is 10.5. The molecule has 0 aliphatic heterocycles. The van der Waals surface area contributed by atoms with Crippen molar-refractivity contribution in [3.8, 4) is 5.75 Å². The van der Waals surface area contributed by atoms with Gasteiger partial charge in [-0.15, -0.1) is 0 Å². The second-order valence-electron chi connectivity index (χ2n) is 6.94. The summed E-state index contributed by atoms with van der Waals surface area (Å²) in [5.74, 6) is 0.0653. The number of halogens is 1. The van der Waals surface area contributed by atoms with E-state index in [4.69, 9.17) is 16.2 Å². The summed E-state index contributed by atoms with van der Waals surface area (Å²) >= 11 is 0. The molecule has 0 fully saturated rings. The van der Waals surface area contributed by atoms with Crippen LogP contribution >= 0.6 is 0 Å². The molecular formula is C21H28FN5O2. The Morgan fingerprint density at radius 2 is 1.83 bits per heavy atom. The fourth-order valence-electron chi connectivity index (χ4n) is 2.66. The van der Waals surface area contributed by atoms with Gasteiger partial charge in [-0.25, -0.2) is 4.39 Å². The lowest BCUT2D eigenvalue weighted by molar-refractivity contribution is 0.100. The van der Waals surface area contributed by atoms with Gasteiger partial charge in [0.15, 0.2) is 0 Å². The predicted octanol–water partition coefficient (Wildman–Crippen LogP) is 2.29. The van der Waals surface area contributed by atoms with E-state index in [1.807, 2.05) is 13.8 Å². The maximum absolute atomic E-state index is 13.1. The summed E-state index contributed by atoms with van der Waals surface area (Å²) in [5.41, 5.74) is 13.5. The van der Waals surface area contributed by atoms with Crippen LogP contribution in [-0.2, 0) is 0 Å². The smallest absolute Gasteiger partial charge is 0.280 e. The Bertz CT molecular complexity index is 839. The van der Waals surface area contributed by atoms with E-state index in [-0.39, 0.29) is 17.8 Å². The number of aliphatic imine (C=N–C) groups is 1. The Hall–Kier alpha value is -2.97. The van der Waals surface area contributed by atoms with Crippen LogP contribution in [0, 0.1) is 5.82 Å². The van der Waals surface area contributed by atoms with Crippen LogP contribution in [0.5, 0.6) is 5.75 Å². The summed E-state index contributed by atoms with van der Waals surface area (Å²) in [7, 11) is 1.53. The van der Waals surface area contributed by atoms with E-state index >= 15 is 0 Å². The number of rotatable bonds is 7. The van der Waals surface area contributed by atoms with Gasteiger partial charge < -0.3 is 26.8 Å². The Labute approximate surface area is 170 Å². The molecule has 2 aromatic rings. The van der Waals surface area contributed by atoms with E-state index in [1.54, 1.807) is 36.4 Å². The van der Waals surface area contributed by atoms with Crippen molar-refractivity contribution in [2.45, 2.75) is 38.5 Å². The normalized spacial score (nSPS) is 13.7. The summed E-state index contributed by atoms with van der Waals surface area (Å²) in [6.45, 7) is 3.84. The molecule has 0 bridgehead atoms. The standard InChI is InChI=1S/C21H28FN5O2/c1-13(2)25-21(27-20(28)15-5-4-6-17(11-15)29-3)26-19(24)12-18(23)14-7-9-16(22)10-8-14/h4-11,13,18-19H,12,23-24H2,1-3H3,(H2,25,26,27,28). The van der Waals surface area contributed by atoms with Crippen LogP contribution in [0.3, 0.4) is 0 Å². The fraction of sp³-hybridized carbons (Fsp3) is 0.333. The van der Waals surface area contributed by atoms with Gasteiger partial charge in [0.1, 0.15) is 11.6 Å². The minimum atomic E-state index is -0.571. The maximum Gasteiger partial charge on any atom is 0.280 e. The second-order valence-corrected chi connectivity index (χ2v) is 6.94. The van der Waals surface area contributed by atoms with Crippen molar-refractivity contribution in [3.05, 3.63) is 65.5 Å². The highest BCUT2D eigenvalue weighted by molar-refractivity contribution is 6.02. The van der Waals surface area contributed by atoms with Crippen LogP contribution in [0.25, 0.3) is 0 Å². The number of hydrogen-bond donors (Lipinski definition) is 4. The lowest BCUT2D eigenvalue weighted by Crippen LogP contribution is -2.50. The molecule has 156 valence electrons. The minimum absolute atomic E-state index is 0.0253. The molecule has 0 aliphatic rings. The van der Waals surface area contributed by atoms with Crippen molar-refractivity contribution in [1.29, 1.82) is 0 Å². The number of methoxy groups -OCH3 is 1. The number of nitrogens with zero attached hydrogens (tertiary/aromatic N) is 1. The largest absolute Gasteiger partial charge is 0.497 e. The molecule has 2 unspecified atom stereocenters. The number of amides is 1. The van der Waals surface area contributed by atoms with E-state index in [2.05, 4.69) is 15.6 Å². The third-order valence-corrected chi connectivity index (χ3v) is 4.08. The summed E-state index contributed by atoms with van der Waals surface area (Å²) in [6.07, 6.45) is -0.212. The number of carbonyl (C=O) groups excluding carboxylic acids is 1. The van der Waals surface area contributed by atoms with Gasteiger partial charge in [-0.05, 0) is 56.2 Å². The molecule has 0 spiro atoms. The number of hydrogen-bond acceptors (Lipinski definition) is 4. The van der Waals surface area contributed by atoms with Gasteiger partial charge in [-0.2, -0.15) is 4.99 Å². The van der Waals surface area contributed by atoms with Gasteiger partial charge in [0, 0.05) is 17.6 Å². The molecular weight excluding hydrogens is 373 g/mol. The molecule has 2 atom stereocenters. The number of carbonyl (C=O) groups is 1. The SMILES string of the molecule is COc1cccc(C(=O)/N=C(/NC(C)C)NC(N)CC(N)c2ccc(F)cc2)c1. The maximum atomic E-state index is 13.1. The first-order chi connectivity index (χ1) is 13.8. The third-order valence-electron chi connectivity index (χ3n) is 4.08. The van der Waals surface area contributed by atoms with Gasteiger partial charge in [0.05, 0.1) is 13.3 Å². The number of guanidine groups is 1. The molecule has 7 nitrogen and oxygen atoms in total. The molecule has 29 heavy (non-hydrogen) atoms. The summed E-state index contributed by atoms with van der Waals surface area (Å²) in [5, 5.41) is 6.08. The van der Waals surface area contributed by atoms with Crippen molar-refractivity contribution in [2.75, 3.05) is 7.11 Å². The zero-order valence-electron chi connectivity index (χ0n) is 16.9. The van der Waals surface area contributed by atoms with Crippen LogP contribution in [0.1, 0.15) is 42.2 Å². The molecule has 6 N–H and O–H groups in total. The summed E-state index contributed by atoms with van der Waals surface area (Å²) in [6, 6.07) is 12.3. The van der Waals surface area contributed by atoms with E-state index in [0.29, 0.717) is 17.7 Å². The quantitative estimate of drug-likeness (QED) is 0.322. The van der Waals surface area contributed by atoms with Crippen molar-refractivity contribution in [3.63, 3.8) is 0 Å². The number of ether oxygens (including phenoxy) is 1. The zero-order valence-corrected chi connectivity index (χ0v) is 16.9. The van der Waals surface area contributed by atoms with E-state index in [0.717, 1.165) is 5.56 Å². The Kier molecular flexibility index (Phi) is 8.11. The van der Waals surface area contributed by atoms with Crippen molar-refractivity contribution < 1.29 is 13.9 Å². The van der Waals surface area contributed by atoms with Gasteiger partial charge >= 0.3 is 0 Å². The Balaban J connectivity index is 2.09. The van der Waals surface area contributed by atoms with E-state index in [1.165, 1.54) is 19.2 Å². The summed E-state index contributed by atoms with van der Waals surface area (Å²) < 4.78 is 18.2. The minimum Gasteiger partial charge on any atom is -0.497 e. The lowest BCUT2D eigenvalue weighted by atomic mass is 10.0. The lowest BCUT2D eigenvalue weighted by Gasteiger charge is -2.22. The van der Waals surface area contributed by atoms with E-state index in [9.17, 15) is 9.18 Å². The molecule has 0 radical (unpaired) electrons. The van der Waals surface area contributed by atoms with Crippen molar-refractivity contribution >= 4 is 11.9 Å². The Morgan fingerprint density at radius 3 is 2.45 bits per heavy atom. The number of nitrogens with two attached hydrogens (primary N) is 2. The first kappa shape index (κ1) is 22.3. The summed E-state index contributed by atoms with van der Waals surface area (Å²) in [4.78, 5) is 16.7. The van der Waals surface area contributed by atoms with Crippen LogP contribution in [0.4, 0.5) is 4.39 Å². The van der Waals surface area contributed by atoms with Crippen LogP contribution in [-0.4, -0.2) is 31.2 Å². The molecule has 1 amide bonds. The Morgan fingerprint density at radius 1 is 1.14 bits per heavy atom. The van der Waals surface area contributed by atoms with Crippen LogP contribution in [0.15, 0.2) is 53.5 Å². The van der Waals surface area contributed by atoms with E-state index < -0.39 is 18.1 Å². The van der Waals surface area contributed by atoms with Crippen molar-refractivity contribution in [2.24, 2.45) is 16.5 Å². The third kappa shape index (κ3) is 7.17. The predicted molar refractivity (Wildman–Crippen MR) is 112 cm³/mol. The number of benzene rings is 2. The van der Waals surface area contributed by atoms with Gasteiger partial charge in [0.25, 0.3) is 5.91 Å². The van der Waals surface area contributed by atoms with Gasteiger partial charge in [0.2, 0.25) is 5.96 Å². The fourth-order valence-corrected chi connectivity index (χ4v) is 2.66. The molecule has 8 heteroatoms. The number of nitrogens with one attached hydrogen (secondary N) is 2. The molecule has 0 aliphatic carbocycles. The van der Waals surface area contributed by atoms with Crippen LogP contribution in [0.2, 0.25) is 0 Å².